The van der Waals surface area contributed by atoms with Gasteiger partial charge < -0.3 is 9.84 Å². The molecular formula is C20H27N5O3. The lowest BCUT2D eigenvalue weighted by Gasteiger charge is -2.25. The highest BCUT2D eigenvalue weighted by Gasteiger charge is 2.36. The van der Waals surface area contributed by atoms with Gasteiger partial charge >= 0.3 is 0 Å². The predicted molar refractivity (Wildman–Crippen MR) is 104 cm³/mol. The number of nitrogens with zero attached hydrogens (tertiary/aromatic N) is 4. The fourth-order valence-electron chi connectivity index (χ4n) is 3.98. The molecule has 2 aliphatic heterocycles. The maximum atomic E-state index is 12.9. The SMILES string of the molecule is CC[C@@]1(C)OCc2cnc(C(O)N[C@H]3CCn4nc(C)cc4N(C)C3=O)cc21. The average molecular weight is 385 g/mol. The molecule has 3 atom stereocenters. The monoisotopic (exact) mass is 385 g/mol. The van der Waals surface area contributed by atoms with Crippen LogP contribution in [0, 0.1) is 6.92 Å². The first-order valence-corrected chi connectivity index (χ1v) is 9.72. The molecule has 0 spiro atoms. The van der Waals surface area contributed by atoms with Crippen molar-refractivity contribution in [3.63, 3.8) is 0 Å². The van der Waals surface area contributed by atoms with Gasteiger partial charge in [-0.25, -0.2) is 4.68 Å². The van der Waals surface area contributed by atoms with Gasteiger partial charge in [-0.15, -0.1) is 0 Å². The van der Waals surface area contributed by atoms with Crippen molar-refractivity contribution in [1.29, 1.82) is 0 Å². The molecular weight excluding hydrogens is 358 g/mol. The minimum atomic E-state index is -1.04. The summed E-state index contributed by atoms with van der Waals surface area (Å²) in [4.78, 5) is 18.9. The number of aliphatic hydroxyl groups excluding tert-OH is 1. The maximum Gasteiger partial charge on any atom is 0.245 e. The van der Waals surface area contributed by atoms with Crippen molar-refractivity contribution in [1.82, 2.24) is 20.1 Å². The number of rotatable bonds is 4. The molecule has 150 valence electrons. The lowest BCUT2D eigenvalue weighted by molar-refractivity contribution is -0.121. The van der Waals surface area contributed by atoms with Gasteiger partial charge in [0.1, 0.15) is 12.0 Å². The minimum absolute atomic E-state index is 0.0967. The van der Waals surface area contributed by atoms with E-state index in [9.17, 15) is 9.90 Å². The summed E-state index contributed by atoms with van der Waals surface area (Å²) >= 11 is 0. The normalized spacial score (nSPS) is 25.4. The zero-order valence-electron chi connectivity index (χ0n) is 16.8. The Balaban J connectivity index is 1.53. The summed E-state index contributed by atoms with van der Waals surface area (Å²) in [6, 6.07) is 3.26. The summed E-state index contributed by atoms with van der Waals surface area (Å²) in [6.07, 6.45) is 2.09. The Morgan fingerprint density at radius 1 is 1.46 bits per heavy atom. The van der Waals surface area contributed by atoms with Crippen molar-refractivity contribution in [3.05, 3.63) is 40.8 Å². The van der Waals surface area contributed by atoms with Crippen LogP contribution in [0.5, 0.6) is 0 Å². The number of aromatic nitrogens is 3. The number of anilines is 1. The summed E-state index contributed by atoms with van der Waals surface area (Å²) < 4.78 is 7.75. The summed E-state index contributed by atoms with van der Waals surface area (Å²) in [5.74, 6) is 0.674. The van der Waals surface area contributed by atoms with Gasteiger partial charge in [-0.2, -0.15) is 5.10 Å². The number of aryl methyl sites for hydroxylation is 2. The van der Waals surface area contributed by atoms with Crippen molar-refractivity contribution in [2.24, 2.45) is 0 Å². The van der Waals surface area contributed by atoms with Crippen LogP contribution in [0.4, 0.5) is 5.82 Å². The fourth-order valence-corrected chi connectivity index (χ4v) is 3.98. The molecule has 8 nitrogen and oxygen atoms in total. The number of hydrogen-bond acceptors (Lipinski definition) is 6. The molecule has 0 fully saturated rings. The van der Waals surface area contributed by atoms with Gasteiger partial charge in [0.05, 0.1) is 29.6 Å². The van der Waals surface area contributed by atoms with Crippen LogP contribution in [0.3, 0.4) is 0 Å². The first-order chi connectivity index (χ1) is 13.3. The van der Waals surface area contributed by atoms with E-state index in [4.69, 9.17) is 4.74 Å². The molecule has 0 aromatic carbocycles. The second kappa shape index (κ2) is 6.95. The van der Waals surface area contributed by atoms with Crippen LogP contribution in [0.15, 0.2) is 18.3 Å². The first-order valence-electron chi connectivity index (χ1n) is 9.72. The Morgan fingerprint density at radius 3 is 3.00 bits per heavy atom. The molecule has 0 saturated carbocycles. The van der Waals surface area contributed by atoms with E-state index in [1.807, 2.05) is 23.7 Å². The summed E-state index contributed by atoms with van der Waals surface area (Å²) in [5, 5.41) is 18.2. The Hall–Kier alpha value is -2.29. The van der Waals surface area contributed by atoms with Crippen molar-refractivity contribution in [2.75, 3.05) is 11.9 Å². The molecule has 4 heterocycles. The smallest absolute Gasteiger partial charge is 0.245 e. The number of nitrogens with one attached hydrogen (secondary N) is 1. The fraction of sp³-hybridized carbons (Fsp3) is 0.550. The maximum absolute atomic E-state index is 12.9. The third kappa shape index (κ3) is 3.11. The van der Waals surface area contributed by atoms with E-state index < -0.39 is 12.3 Å². The zero-order valence-corrected chi connectivity index (χ0v) is 16.8. The van der Waals surface area contributed by atoms with E-state index in [1.165, 1.54) is 0 Å². The van der Waals surface area contributed by atoms with E-state index in [1.54, 1.807) is 18.1 Å². The number of hydrogen-bond donors (Lipinski definition) is 2. The summed E-state index contributed by atoms with van der Waals surface area (Å²) in [7, 11) is 1.74. The molecule has 0 bridgehead atoms. The van der Waals surface area contributed by atoms with Crippen LogP contribution in [-0.4, -0.2) is 38.9 Å². The third-order valence-electron chi connectivity index (χ3n) is 5.92. The third-order valence-corrected chi connectivity index (χ3v) is 5.92. The zero-order chi connectivity index (χ0) is 20.1. The molecule has 2 aliphatic rings. The molecule has 2 aromatic heterocycles. The Kier molecular flexibility index (Phi) is 4.73. The van der Waals surface area contributed by atoms with E-state index in [2.05, 4.69) is 29.2 Å². The largest absolute Gasteiger partial charge is 0.373 e. The lowest BCUT2D eigenvalue weighted by atomic mass is 9.92. The van der Waals surface area contributed by atoms with Gasteiger partial charge in [0.15, 0.2) is 0 Å². The molecule has 0 saturated heterocycles. The van der Waals surface area contributed by atoms with Gasteiger partial charge in [-0.05, 0) is 38.3 Å². The molecule has 2 aromatic rings. The standard InChI is InChI=1S/C20H27N5O3/c1-5-20(3)14-9-16(21-10-13(14)11-28-20)18(26)22-15-6-7-25-17(8-12(2)23-25)24(4)19(15)27/h8-10,15,18,22,26H,5-7,11H2,1-4H3/t15-,18?,20+/m0/s1. The molecule has 1 unspecified atom stereocenters. The molecule has 8 heteroatoms. The Labute approximate surface area is 164 Å². The number of carbonyl (C=O) groups excluding carboxylic acids is 1. The number of aliphatic hydroxyl groups is 1. The predicted octanol–water partition coefficient (Wildman–Crippen LogP) is 1.76. The number of carbonyl (C=O) groups is 1. The number of likely N-dealkylation sites (N-methyl/N-ethyl adjacent to an activating group) is 1. The van der Waals surface area contributed by atoms with Crippen molar-refractivity contribution < 1.29 is 14.6 Å². The number of fused-ring (bicyclic) bond motifs is 2. The van der Waals surface area contributed by atoms with Crippen LogP contribution in [-0.2, 0) is 28.3 Å². The van der Waals surface area contributed by atoms with Crippen LogP contribution in [0.1, 0.15) is 55.4 Å². The minimum Gasteiger partial charge on any atom is -0.373 e. The Morgan fingerprint density at radius 2 is 2.25 bits per heavy atom. The van der Waals surface area contributed by atoms with Crippen LogP contribution >= 0.6 is 0 Å². The number of pyridine rings is 1. The number of ether oxygens (including phenoxy) is 1. The van der Waals surface area contributed by atoms with Gasteiger partial charge in [0, 0.05) is 31.4 Å². The lowest BCUT2D eigenvalue weighted by Crippen LogP contribution is -2.45. The van der Waals surface area contributed by atoms with Crippen LogP contribution in [0.25, 0.3) is 0 Å². The van der Waals surface area contributed by atoms with Gasteiger partial charge in [0.25, 0.3) is 0 Å². The molecule has 2 N–H and O–H groups in total. The first kappa shape index (κ1) is 19.0. The highest BCUT2D eigenvalue weighted by atomic mass is 16.5. The second-order valence-corrected chi connectivity index (χ2v) is 7.81. The van der Waals surface area contributed by atoms with Crippen molar-refractivity contribution in [2.45, 2.75) is 64.6 Å². The quantitative estimate of drug-likeness (QED) is 0.779. The van der Waals surface area contributed by atoms with Crippen molar-refractivity contribution in [3.8, 4) is 0 Å². The van der Waals surface area contributed by atoms with Gasteiger partial charge in [-0.1, -0.05) is 6.92 Å². The van der Waals surface area contributed by atoms with E-state index in [0.717, 1.165) is 29.1 Å². The molecule has 1 amide bonds. The highest BCUT2D eigenvalue weighted by Crippen LogP contribution is 2.39. The number of amides is 1. The van der Waals surface area contributed by atoms with Gasteiger partial charge in [-0.3, -0.25) is 20.0 Å². The van der Waals surface area contributed by atoms with E-state index in [0.29, 0.717) is 25.3 Å². The summed E-state index contributed by atoms with van der Waals surface area (Å²) in [6.45, 7) is 7.17. The second-order valence-electron chi connectivity index (χ2n) is 7.81. The average Bonchev–Trinajstić information content (AvgIpc) is 3.21. The molecule has 0 aliphatic carbocycles. The molecule has 28 heavy (non-hydrogen) atoms. The van der Waals surface area contributed by atoms with E-state index >= 15 is 0 Å². The highest BCUT2D eigenvalue weighted by molar-refractivity contribution is 5.96. The Bertz CT molecular complexity index is 911. The summed E-state index contributed by atoms with van der Waals surface area (Å²) in [5.41, 5.74) is 3.12. The van der Waals surface area contributed by atoms with E-state index in [-0.39, 0.29) is 11.5 Å². The van der Waals surface area contributed by atoms with Crippen LogP contribution in [0.2, 0.25) is 0 Å². The molecule has 4 rings (SSSR count). The molecule has 0 radical (unpaired) electrons. The van der Waals surface area contributed by atoms with Gasteiger partial charge in [0.2, 0.25) is 5.91 Å². The topological polar surface area (TPSA) is 92.5 Å². The van der Waals surface area contributed by atoms with Crippen LogP contribution < -0.4 is 10.2 Å². The van der Waals surface area contributed by atoms with Crippen molar-refractivity contribution >= 4 is 11.7 Å².